The smallest absolute Gasteiger partial charge is 0.248 e. The normalized spacial score (nSPS) is 13.4. The molecule has 3 N–H and O–H groups in total. The summed E-state index contributed by atoms with van der Waals surface area (Å²) in [7, 11) is -3.70. The molecule has 0 spiro atoms. The molecule has 56 heavy (non-hydrogen) atoms. The van der Waals surface area contributed by atoms with E-state index in [-0.39, 0.29) is 21.6 Å². The minimum Gasteiger partial charge on any atom is -0.487 e. The number of rotatable bonds is 22. The van der Waals surface area contributed by atoms with Gasteiger partial charge < -0.3 is 24.2 Å². The molecular weight excluding hydrogens is 741 g/mol. The summed E-state index contributed by atoms with van der Waals surface area (Å²) in [4.78, 5) is 18.0. The van der Waals surface area contributed by atoms with Gasteiger partial charge in [-0.05, 0) is 106 Å². The summed E-state index contributed by atoms with van der Waals surface area (Å²) in [5.74, 6) is 0.644. The molecule has 0 aliphatic carbocycles. The summed E-state index contributed by atoms with van der Waals surface area (Å²) in [6.07, 6.45) is 4.06. The summed E-state index contributed by atoms with van der Waals surface area (Å²) in [6, 6.07) is 24.7. The third-order valence-electron chi connectivity index (χ3n) is 10.2. The quantitative estimate of drug-likeness (QED) is 0.0534. The van der Waals surface area contributed by atoms with Gasteiger partial charge in [-0.2, -0.15) is 0 Å². The van der Waals surface area contributed by atoms with E-state index in [1.807, 2.05) is 76.3 Å². The largest absolute Gasteiger partial charge is 0.487 e. The minimum absolute atomic E-state index is 0.0343. The van der Waals surface area contributed by atoms with E-state index in [0.717, 1.165) is 67.5 Å². The fourth-order valence-corrected chi connectivity index (χ4v) is 8.92. The van der Waals surface area contributed by atoms with Gasteiger partial charge in [0.1, 0.15) is 12.4 Å². The molecule has 0 amide bonds. The van der Waals surface area contributed by atoms with Crippen molar-refractivity contribution in [2.24, 2.45) is 0 Å². The molecule has 0 saturated carbocycles. The number of H-pyrrole nitrogens is 1. The van der Waals surface area contributed by atoms with Crippen molar-refractivity contribution in [3.05, 3.63) is 106 Å². The highest BCUT2D eigenvalue weighted by atomic mass is 32.2. The number of likely N-dealkylation sites (N-methyl/N-ethyl adjacent to an activating group) is 1. The summed E-state index contributed by atoms with van der Waals surface area (Å²) in [5, 5.41) is 4.65. The first-order valence-corrected chi connectivity index (χ1v) is 24.3. The Labute approximate surface area is 336 Å². The number of sulfonamides is 1. The molecule has 0 aliphatic heterocycles. The Morgan fingerprint density at radius 1 is 0.839 bits per heavy atom. The molecule has 1 heterocycles. The molecular formula is C44H66N4O6SSi. The number of nitrogens with one attached hydrogen (secondary N) is 3. The van der Waals surface area contributed by atoms with Crippen LogP contribution in [0.25, 0.3) is 10.9 Å². The third-order valence-corrected chi connectivity index (χ3v) is 16.4. The second-order valence-electron chi connectivity index (χ2n) is 17.4. The highest BCUT2D eigenvalue weighted by molar-refractivity contribution is 7.89. The lowest BCUT2D eigenvalue weighted by molar-refractivity contribution is 0.106. The van der Waals surface area contributed by atoms with Crippen molar-refractivity contribution in [1.29, 1.82) is 0 Å². The summed E-state index contributed by atoms with van der Waals surface area (Å²) >= 11 is 0. The van der Waals surface area contributed by atoms with Crippen LogP contribution in [0.5, 0.6) is 5.75 Å². The zero-order valence-corrected chi connectivity index (χ0v) is 37.0. The lowest BCUT2D eigenvalue weighted by atomic mass is 10.0. The lowest BCUT2D eigenvalue weighted by Gasteiger charge is -2.39. The fraction of sp³-hybridized carbons (Fsp3) is 0.523. The van der Waals surface area contributed by atoms with Crippen molar-refractivity contribution in [2.75, 3.05) is 39.9 Å². The van der Waals surface area contributed by atoms with Crippen LogP contribution in [-0.4, -0.2) is 72.1 Å². The third kappa shape index (κ3) is 14.2. The van der Waals surface area contributed by atoms with Gasteiger partial charge in [-0.25, -0.2) is 13.1 Å². The van der Waals surface area contributed by atoms with E-state index in [0.29, 0.717) is 37.6 Å². The first kappa shape index (κ1) is 45.3. The fourth-order valence-electron chi connectivity index (χ4n) is 6.16. The number of benzene rings is 3. The van der Waals surface area contributed by atoms with Gasteiger partial charge in [-0.15, -0.1) is 0 Å². The van der Waals surface area contributed by atoms with Crippen LogP contribution in [0.15, 0.2) is 88.6 Å². The highest BCUT2D eigenvalue weighted by Crippen LogP contribution is 2.41. The lowest BCUT2D eigenvalue weighted by Crippen LogP contribution is -2.43. The van der Waals surface area contributed by atoms with Crippen molar-refractivity contribution in [1.82, 2.24) is 19.9 Å². The molecule has 4 rings (SSSR count). The number of nitrogens with zero attached hydrogens (tertiary/aromatic N) is 1. The molecule has 0 fully saturated rings. The van der Waals surface area contributed by atoms with Crippen molar-refractivity contribution < 1.29 is 22.3 Å². The molecule has 0 unspecified atom stereocenters. The molecule has 0 radical (unpaired) electrons. The molecule has 0 saturated heterocycles. The van der Waals surface area contributed by atoms with E-state index in [1.165, 1.54) is 0 Å². The molecule has 12 heteroatoms. The van der Waals surface area contributed by atoms with Gasteiger partial charge in [0.25, 0.3) is 0 Å². The van der Waals surface area contributed by atoms with Gasteiger partial charge in [0.05, 0.1) is 23.1 Å². The van der Waals surface area contributed by atoms with Crippen molar-refractivity contribution in [2.45, 2.75) is 115 Å². The van der Waals surface area contributed by atoms with E-state index < -0.39 is 23.9 Å². The molecule has 0 aliphatic rings. The maximum absolute atomic E-state index is 12.8. The van der Waals surface area contributed by atoms with E-state index in [2.05, 4.69) is 59.9 Å². The van der Waals surface area contributed by atoms with Gasteiger partial charge >= 0.3 is 0 Å². The predicted molar refractivity (Wildman–Crippen MR) is 231 cm³/mol. The Kier molecular flexibility index (Phi) is 16.5. The van der Waals surface area contributed by atoms with Crippen LogP contribution >= 0.6 is 0 Å². The number of fused-ring (bicyclic) bond motifs is 1. The first-order chi connectivity index (χ1) is 26.3. The standard InChI is InChI=1S/C44H66N4O6SSi/c1-43(2,3)47-55(50,51)36-21-17-20-35(30-36)32-48(7)27-29-52-28-16-11-10-15-26-45-31-40(54-56(8,9)44(4,5)6)37-22-24-39(42-38(37)23-25-41(49)46-42)53-33-34-18-13-12-14-19-34/h12-14,17-25,30,40,45,47H,10-11,15-16,26-29,31-33H2,1-9H3,(H,46,49)/t40-/m0/s1. The van der Waals surface area contributed by atoms with Gasteiger partial charge in [0.2, 0.25) is 15.6 Å². The Hall–Kier alpha value is -3.36. The Balaban J connectivity index is 1.23. The number of aromatic nitrogens is 1. The average molecular weight is 807 g/mol. The monoisotopic (exact) mass is 806 g/mol. The summed E-state index contributed by atoms with van der Waals surface area (Å²) < 4.78 is 47.5. The van der Waals surface area contributed by atoms with Gasteiger partial charge in [0.15, 0.2) is 8.32 Å². The number of ether oxygens (including phenoxy) is 2. The molecule has 4 aromatic rings. The average Bonchev–Trinajstić information content (AvgIpc) is 3.11. The van der Waals surface area contributed by atoms with Crippen molar-refractivity contribution in [3.8, 4) is 5.75 Å². The Morgan fingerprint density at radius 3 is 2.27 bits per heavy atom. The van der Waals surface area contributed by atoms with Crippen LogP contribution in [-0.2, 0) is 32.3 Å². The molecule has 1 atom stereocenters. The SMILES string of the molecule is CN(CCOCCCCCCNC[C@H](O[Si](C)(C)C(C)(C)C)c1ccc(OCc2ccccc2)c2[nH]c(=O)ccc12)Cc1cccc(S(=O)(=O)NC(C)(C)C)c1. The van der Waals surface area contributed by atoms with Gasteiger partial charge in [-0.1, -0.05) is 82.1 Å². The second-order valence-corrected chi connectivity index (χ2v) is 23.8. The van der Waals surface area contributed by atoms with E-state index >= 15 is 0 Å². The first-order valence-electron chi connectivity index (χ1n) is 19.9. The molecule has 10 nitrogen and oxygen atoms in total. The molecule has 308 valence electrons. The van der Waals surface area contributed by atoms with Crippen LogP contribution < -0.4 is 20.3 Å². The van der Waals surface area contributed by atoms with E-state index in [1.54, 1.807) is 24.3 Å². The minimum atomic E-state index is -3.57. The number of pyridine rings is 1. The predicted octanol–water partition coefficient (Wildman–Crippen LogP) is 8.55. The van der Waals surface area contributed by atoms with E-state index in [9.17, 15) is 13.2 Å². The molecule has 0 bridgehead atoms. The van der Waals surface area contributed by atoms with Crippen molar-refractivity contribution >= 4 is 29.2 Å². The van der Waals surface area contributed by atoms with Gasteiger partial charge in [0, 0.05) is 43.2 Å². The Morgan fingerprint density at radius 2 is 1.55 bits per heavy atom. The van der Waals surface area contributed by atoms with Crippen LogP contribution in [0.2, 0.25) is 18.1 Å². The zero-order valence-electron chi connectivity index (χ0n) is 35.2. The number of unbranched alkanes of at least 4 members (excludes halogenated alkanes) is 3. The maximum Gasteiger partial charge on any atom is 0.248 e. The second kappa shape index (κ2) is 20.4. The number of hydrogen-bond donors (Lipinski definition) is 3. The highest BCUT2D eigenvalue weighted by Gasteiger charge is 2.39. The van der Waals surface area contributed by atoms with Gasteiger partial charge in [-0.3, -0.25) is 9.69 Å². The van der Waals surface area contributed by atoms with Crippen LogP contribution in [0.4, 0.5) is 0 Å². The zero-order chi connectivity index (χ0) is 41.0. The molecule has 1 aromatic heterocycles. The number of aromatic amines is 1. The molecule has 3 aromatic carbocycles. The van der Waals surface area contributed by atoms with E-state index in [4.69, 9.17) is 13.9 Å². The van der Waals surface area contributed by atoms with Crippen LogP contribution in [0.1, 0.15) is 90.0 Å². The number of hydrogen-bond acceptors (Lipinski definition) is 8. The van der Waals surface area contributed by atoms with Crippen molar-refractivity contribution in [3.63, 3.8) is 0 Å². The Bertz CT molecular complexity index is 1990. The van der Waals surface area contributed by atoms with Crippen LogP contribution in [0, 0.1) is 0 Å². The maximum atomic E-state index is 12.8. The summed E-state index contributed by atoms with van der Waals surface area (Å²) in [5.41, 5.74) is 3.03. The summed E-state index contributed by atoms with van der Waals surface area (Å²) in [6.45, 7) is 21.5. The van der Waals surface area contributed by atoms with Crippen LogP contribution in [0.3, 0.4) is 0 Å². The topological polar surface area (TPSA) is 122 Å².